The lowest BCUT2D eigenvalue weighted by Gasteiger charge is -2.21. The molecule has 23 heavy (non-hydrogen) atoms. The summed E-state index contributed by atoms with van der Waals surface area (Å²) in [4.78, 5) is 0. The van der Waals surface area contributed by atoms with Crippen LogP contribution in [0.4, 0.5) is 0 Å². The van der Waals surface area contributed by atoms with E-state index in [4.69, 9.17) is 0 Å². The van der Waals surface area contributed by atoms with Gasteiger partial charge in [0.25, 0.3) is 0 Å². The van der Waals surface area contributed by atoms with Gasteiger partial charge < -0.3 is 5.11 Å². The minimum absolute atomic E-state index is 0.435. The van der Waals surface area contributed by atoms with Crippen LogP contribution >= 0.6 is 0 Å². The first-order valence-electron chi connectivity index (χ1n) is 8.67. The van der Waals surface area contributed by atoms with E-state index < -0.39 is 0 Å². The van der Waals surface area contributed by atoms with Crippen LogP contribution in [-0.2, 0) is 19.3 Å². The zero-order valence-electron chi connectivity index (χ0n) is 15.6. The average Bonchev–Trinajstić information content (AvgIpc) is 2.52. The van der Waals surface area contributed by atoms with Gasteiger partial charge in [0, 0.05) is 11.1 Å². The SMILES string of the molecule is C=CCC/C(C)=C/Cc1c(O)c(C(=C)C)c(CC)c(C)c1CC. The van der Waals surface area contributed by atoms with Gasteiger partial charge >= 0.3 is 0 Å². The predicted molar refractivity (Wildman–Crippen MR) is 103 cm³/mol. The smallest absolute Gasteiger partial charge is 0.127 e. The molecular formula is C22H32O. The Kier molecular flexibility index (Phi) is 7.35. The number of allylic oxidation sites excluding steroid dienone is 4. The van der Waals surface area contributed by atoms with Crippen LogP contribution in [0, 0.1) is 6.92 Å². The highest BCUT2D eigenvalue weighted by Crippen LogP contribution is 2.38. The van der Waals surface area contributed by atoms with Gasteiger partial charge in [-0.2, -0.15) is 0 Å². The number of hydrogen-bond acceptors (Lipinski definition) is 1. The number of aromatic hydroxyl groups is 1. The van der Waals surface area contributed by atoms with Crippen LogP contribution in [0.5, 0.6) is 5.75 Å². The van der Waals surface area contributed by atoms with E-state index in [1.165, 1.54) is 22.3 Å². The molecule has 0 amide bonds. The second-order valence-electron chi connectivity index (χ2n) is 6.35. The summed E-state index contributed by atoms with van der Waals surface area (Å²) in [5.41, 5.74) is 8.16. The quantitative estimate of drug-likeness (QED) is 0.557. The van der Waals surface area contributed by atoms with Gasteiger partial charge in [-0.25, -0.2) is 0 Å². The average molecular weight is 312 g/mol. The molecule has 0 unspecified atom stereocenters. The van der Waals surface area contributed by atoms with Crippen molar-refractivity contribution >= 4 is 5.57 Å². The normalized spacial score (nSPS) is 11.6. The number of benzene rings is 1. The molecule has 0 spiro atoms. The van der Waals surface area contributed by atoms with Gasteiger partial charge in [0.1, 0.15) is 5.75 Å². The maximum absolute atomic E-state index is 10.9. The summed E-state index contributed by atoms with van der Waals surface area (Å²) in [7, 11) is 0. The highest BCUT2D eigenvalue weighted by atomic mass is 16.3. The van der Waals surface area contributed by atoms with Gasteiger partial charge in [0.2, 0.25) is 0 Å². The second-order valence-corrected chi connectivity index (χ2v) is 6.35. The Morgan fingerprint density at radius 2 is 1.70 bits per heavy atom. The molecule has 0 atom stereocenters. The molecule has 0 heterocycles. The molecule has 0 saturated heterocycles. The van der Waals surface area contributed by atoms with Crippen molar-refractivity contribution in [1.82, 2.24) is 0 Å². The Labute approximate surface area is 142 Å². The molecule has 0 aliphatic carbocycles. The van der Waals surface area contributed by atoms with E-state index >= 15 is 0 Å². The molecule has 1 aromatic rings. The fourth-order valence-electron chi connectivity index (χ4n) is 3.34. The van der Waals surface area contributed by atoms with E-state index in [2.05, 4.69) is 46.9 Å². The van der Waals surface area contributed by atoms with Crippen molar-refractivity contribution in [2.45, 2.75) is 66.7 Å². The van der Waals surface area contributed by atoms with E-state index in [1.54, 1.807) is 0 Å². The van der Waals surface area contributed by atoms with Crippen molar-refractivity contribution in [1.29, 1.82) is 0 Å². The predicted octanol–water partition coefficient (Wildman–Crippen LogP) is 6.31. The maximum atomic E-state index is 10.9. The molecule has 0 radical (unpaired) electrons. The lowest BCUT2D eigenvalue weighted by Crippen LogP contribution is -2.05. The monoisotopic (exact) mass is 312 g/mol. The summed E-state index contributed by atoms with van der Waals surface area (Å²) >= 11 is 0. The fourth-order valence-corrected chi connectivity index (χ4v) is 3.34. The zero-order valence-corrected chi connectivity index (χ0v) is 15.6. The van der Waals surface area contributed by atoms with E-state index in [0.29, 0.717) is 5.75 Å². The Hall–Kier alpha value is -1.76. The van der Waals surface area contributed by atoms with Crippen LogP contribution in [0.15, 0.2) is 30.9 Å². The molecule has 1 heteroatoms. The van der Waals surface area contributed by atoms with E-state index in [9.17, 15) is 5.11 Å². The summed E-state index contributed by atoms with van der Waals surface area (Å²) < 4.78 is 0. The lowest BCUT2D eigenvalue weighted by atomic mass is 9.85. The molecule has 0 aromatic heterocycles. The molecule has 126 valence electrons. The largest absolute Gasteiger partial charge is 0.507 e. The minimum atomic E-state index is 0.435. The Bertz CT molecular complexity index is 618. The van der Waals surface area contributed by atoms with Crippen LogP contribution in [0.1, 0.15) is 68.4 Å². The number of phenolic OH excluding ortho intramolecular Hbond substituents is 1. The van der Waals surface area contributed by atoms with Gasteiger partial charge in [0.15, 0.2) is 0 Å². The van der Waals surface area contributed by atoms with Gasteiger partial charge in [-0.05, 0) is 75.1 Å². The van der Waals surface area contributed by atoms with Crippen molar-refractivity contribution in [3.63, 3.8) is 0 Å². The van der Waals surface area contributed by atoms with Crippen LogP contribution < -0.4 is 0 Å². The van der Waals surface area contributed by atoms with Crippen molar-refractivity contribution < 1.29 is 5.11 Å². The molecule has 0 fully saturated rings. The Morgan fingerprint density at radius 1 is 1.09 bits per heavy atom. The van der Waals surface area contributed by atoms with Crippen molar-refractivity contribution in [2.24, 2.45) is 0 Å². The van der Waals surface area contributed by atoms with Crippen LogP contribution in [0.2, 0.25) is 0 Å². The first-order chi connectivity index (χ1) is 10.9. The first-order valence-corrected chi connectivity index (χ1v) is 8.67. The van der Waals surface area contributed by atoms with Gasteiger partial charge in [-0.15, -0.1) is 6.58 Å². The second kappa shape index (κ2) is 8.76. The molecule has 1 rings (SSSR count). The highest BCUT2D eigenvalue weighted by molar-refractivity contribution is 5.74. The van der Waals surface area contributed by atoms with Gasteiger partial charge in [0.05, 0.1) is 0 Å². The molecule has 1 N–H and O–H groups in total. The number of phenols is 1. The van der Waals surface area contributed by atoms with Crippen molar-refractivity contribution in [2.75, 3.05) is 0 Å². The number of rotatable bonds is 8. The summed E-state index contributed by atoms with van der Waals surface area (Å²) in [5.74, 6) is 0.435. The van der Waals surface area contributed by atoms with Crippen LogP contribution in [0.25, 0.3) is 5.57 Å². The summed E-state index contributed by atoms with van der Waals surface area (Å²) in [6.07, 6.45) is 8.87. The minimum Gasteiger partial charge on any atom is -0.507 e. The number of hydrogen-bond donors (Lipinski definition) is 1. The molecular weight excluding hydrogens is 280 g/mol. The first kappa shape index (κ1) is 19.3. The third-order valence-corrected chi connectivity index (χ3v) is 4.63. The molecule has 0 aliphatic heterocycles. The topological polar surface area (TPSA) is 20.2 Å². The van der Waals surface area contributed by atoms with Crippen molar-refractivity contribution in [3.05, 3.63) is 58.7 Å². The molecule has 0 aliphatic rings. The maximum Gasteiger partial charge on any atom is 0.127 e. The Morgan fingerprint density at radius 3 is 2.17 bits per heavy atom. The molecule has 1 nitrogen and oxygen atoms in total. The summed E-state index contributed by atoms with van der Waals surface area (Å²) in [6.45, 7) is 18.5. The third kappa shape index (κ3) is 4.37. The van der Waals surface area contributed by atoms with Gasteiger partial charge in [-0.1, -0.05) is 38.2 Å². The standard InChI is InChI=1S/C22H32O/c1-8-11-12-16(6)13-14-20-18(9-2)17(7)19(10-3)21(15(4)5)22(20)23/h8,13,23H,1,4,9-12,14H2,2-3,5-7H3/b16-13+. The zero-order chi connectivity index (χ0) is 17.6. The molecule has 0 bridgehead atoms. The summed E-state index contributed by atoms with van der Waals surface area (Å²) in [5, 5.41) is 10.9. The molecule has 0 saturated carbocycles. The third-order valence-electron chi connectivity index (χ3n) is 4.63. The van der Waals surface area contributed by atoms with Crippen LogP contribution in [0.3, 0.4) is 0 Å². The summed E-state index contributed by atoms with van der Waals surface area (Å²) in [6, 6.07) is 0. The van der Waals surface area contributed by atoms with Crippen LogP contribution in [-0.4, -0.2) is 5.11 Å². The van der Waals surface area contributed by atoms with Crippen molar-refractivity contribution in [3.8, 4) is 5.75 Å². The van der Waals surface area contributed by atoms with Gasteiger partial charge in [-0.3, -0.25) is 0 Å². The highest BCUT2D eigenvalue weighted by Gasteiger charge is 2.19. The van der Waals surface area contributed by atoms with E-state index in [1.807, 2.05) is 13.0 Å². The van der Waals surface area contributed by atoms with E-state index in [-0.39, 0.29) is 0 Å². The van der Waals surface area contributed by atoms with E-state index in [0.717, 1.165) is 48.8 Å². The fraction of sp³-hybridized carbons (Fsp3) is 0.455. The lowest BCUT2D eigenvalue weighted by molar-refractivity contribution is 0.465. The Balaban J connectivity index is 3.41. The molecule has 1 aromatic carbocycles.